The van der Waals surface area contributed by atoms with Crippen LogP contribution in [-0.2, 0) is 16.1 Å². The van der Waals surface area contributed by atoms with Crippen LogP contribution >= 0.6 is 11.6 Å². The maximum absolute atomic E-state index is 13.6. The van der Waals surface area contributed by atoms with E-state index < -0.39 is 11.9 Å². The van der Waals surface area contributed by atoms with Gasteiger partial charge in [0.05, 0.1) is 25.0 Å². The molecule has 0 amide bonds. The van der Waals surface area contributed by atoms with Crippen LogP contribution < -0.4 is 14.8 Å². The normalized spacial score (nSPS) is 16.2. The Balaban J connectivity index is 1.57. The molecule has 0 unspecified atom stereocenters. The number of methoxy groups -OCH3 is 1. The quantitative estimate of drug-likeness (QED) is 0.386. The predicted molar refractivity (Wildman–Crippen MR) is 142 cm³/mol. The van der Waals surface area contributed by atoms with Gasteiger partial charge in [-0.2, -0.15) is 0 Å². The van der Waals surface area contributed by atoms with Crippen molar-refractivity contribution in [2.75, 3.05) is 13.7 Å². The number of benzene rings is 3. The number of carbonyl (C=O) groups excluding carboxylic acids is 2. The Morgan fingerprint density at radius 3 is 2.46 bits per heavy atom. The molecule has 3 aromatic carbocycles. The minimum atomic E-state index is -0.637. The van der Waals surface area contributed by atoms with Crippen LogP contribution in [-0.4, -0.2) is 25.5 Å². The number of dihydropyridines is 1. The number of allylic oxidation sites excluding steroid dienone is 2. The largest absolute Gasteiger partial charge is 0.493 e. The molecule has 0 radical (unpaired) electrons. The molecule has 0 saturated carbocycles. The lowest BCUT2D eigenvalue weighted by Gasteiger charge is -2.29. The molecule has 0 bridgehead atoms. The maximum Gasteiger partial charge on any atom is 0.336 e. The highest BCUT2D eigenvalue weighted by molar-refractivity contribution is 6.31. The van der Waals surface area contributed by atoms with E-state index in [9.17, 15) is 9.59 Å². The molecule has 7 heteroatoms. The van der Waals surface area contributed by atoms with E-state index in [1.807, 2.05) is 61.5 Å². The van der Waals surface area contributed by atoms with Crippen LogP contribution in [0, 0.1) is 0 Å². The second-order valence-electron chi connectivity index (χ2n) is 8.77. The lowest BCUT2D eigenvalue weighted by atomic mass is 9.79. The molecule has 1 aliphatic heterocycles. The highest BCUT2D eigenvalue weighted by Crippen LogP contribution is 2.48. The van der Waals surface area contributed by atoms with Crippen LogP contribution in [0.5, 0.6) is 11.5 Å². The highest BCUT2D eigenvalue weighted by atomic mass is 35.5. The number of rotatable bonds is 7. The van der Waals surface area contributed by atoms with Gasteiger partial charge >= 0.3 is 5.97 Å². The van der Waals surface area contributed by atoms with Gasteiger partial charge < -0.3 is 19.5 Å². The zero-order valence-corrected chi connectivity index (χ0v) is 21.5. The maximum atomic E-state index is 13.6. The van der Waals surface area contributed by atoms with Crippen LogP contribution in [0.3, 0.4) is 0 Å². The number of ether oxygens (including phenoxy) is 3. The molecule has 1 aliphatic carbocycles. The van der Waals surface area contributed by atoms with E-state index in [2.05, 4.69) is 5.32 Å². The first-order valence-corrected chi connectivity index (χ1v) is 12.4. The van der Waals surface area contributed by atoms with E-state index >= 15 is 0 Å². The number of hydrogen-bond donors (Lipinski definition) is 1. The van der Waals surface area contributed by atoms with Gasteiger partial charge in [-0.25, -0.2) is 4.79 Å². The van der Waals surface area contributed by atoms with E-state index in [0.29, 0.717) is 44.6 Å². The van der Waals surface area contributed by atoms with E-state index in [4.69, 9.17) is 25.8 Å². The van der Waals surface area contributed by atoms with Gasteiger partial charge in [-0.05, 0) is 37.6 Å². The zero-order valence-electron chi connectivity index (χ0n) is 20.8. The van der Waals surface area contributed by atoms with Gasteiger partial charge in [0.15, 0.2) is 17.3 Å². The number of fused-ring (bicyclic) bond motifs is 2. The van der Waals surface area contributed by atoms with E-state index in [1.165, 1.54) is 0 Å². The molecule has 188 valence electrons. The molecular weight excluding hydrogens is 490 g/mol. The molecule has 1 N–H and O–H groups in total. The van der Waals surface area contributed by atoms with E-state index in [1.54, 1.807) is 26.2 Å². The van der Waals surface area contributed by atoms with Crippen molar-refractivity contribution >= 4 is 29.1 Å². The summed E-state index contributed by atoms with van der Waals surface area (Å²) in [5.41, 5.74) is 5.27. The minimum Gasteiger partial charge on any atom is -0.493 e. The van der Waals surface area contributed by atoms with Gasteiger partial charge in [0.1, 0.15) is 6.61 Å². The van der Waals surface area contributed by atoms with Crippen molar-refractivity contribution in [3.05, 3.63) is 111 Å². The minimum absolute atomic E-state index is 0.115. The number of carbonyl (C=O) groups is 2. The molecule has 5 rings (SSSR count). The van der Waals surface area contributed by atoms with Crippen molar-refractivity contribution in [2.45, 2.75) is 26.4 Å². The lowest BCUT2D eigenvalue weighted by molar-refractivity contribution is -0.138. The third-order valence-electron chi connectivity index (χ3n) is 6.61. The number of esters is 1. The summed E-state index contributed by atoms with van der Waals surface area (Å²) in [7, 11) is 1.55. The van der Waals surface area contributed by atoms with Gasteiger partial charge in [-0.1, -0.05) is 60.1 Å². The molecule has 0 aromatic heterocycles. The number of nitrogens with one attached hydrogen (secondary N) is 1. The zero-order chi connectivity index (χ0) is 26.1. The molecule has 1 atom stereocenters. The Kier molecular flexibility index (Phi) is 6.76. The average molecular weight is 516 g/mol. The van der Waals surface area contributed by atoms with Crippen LogP contribution in [0.4, 0.5) is 0 Å². The summed E-state index contributed by atoms with van der Waals surface area (Å²) in [6.45, 7) is 4.07. The van der Waals surface area contributed by atoms with Crippen molar-refractivity contribution in [1.29, 1.82) is 0 Å². The Labute approximate surface area is 220 Å². The summed E-state index contributed by atoms with van der Waals surface area (Å²) >= 11 is 6.28. The Bertz CT molecular complexity index is 1470. The van der Waals surface area contributed by atoms with Gasteiger partial charge in [0, 0.05) is 38.9 Å². The van der Waals surface area contributed by atoms with Crippen LogP contribution in [0.15, 0.2) is 83.6 Å². The lowest BCUT2D eigenvalue weighted by Crippen LogP contribution is -2.29. The Hall–Kier alpha value is -4.03. The van der Waals surface area contributed by atoms with Gasteiger partial charge in [-0.15, -0.1) is 0 Å². The number of halogens is 1. The van der Waals surface area contributed by atoms with Crippen molar-refractivity contribution in [3.63, 3.8) is 0 Å². The first-order valence-electron chi connectivity index (χ1n) is 12.0. The van der Waals surface area contributed by atoms with Gasteiger partial charge in [0.2, 0.25) is 0 Å². The third kappa shape index (κ3) is 4.38. The van der Waals surface area contributed by atoms with Crippen molar-refractivity contribution in [2.24, 2.45) is 0 Å². The fourth-order valence-electron chi connectivity index (χ4n) is 4.90. The molecule has 0 spiro atoms. The first kappa shape index (κ1) is 24.7. The second-order valence-corrected chi connectivity index (χ2v) is 9.18. The van der Waals surface area contributed by atoms with Crippen LogP contribution in [0.25, 0.3) is 5.70 Å². The SMILES string of the molecule is CCOC(=O)C1=C(C)NC2=C(C(=O)c3ccccc32)[C@H]1c1ccc(OCc2ccccc2Cl)c(OC)c1. The van der Waals surface area contributed by atoms with Crippen molar-refractivity contribution < 1.29 is 23.8 Å². The Morgan fingerprint density at radius 1 is 1.00 bits per heavy atom. The molecule has 37 heavy (non-hydrogen) atoms. The summed E-state index contributed by atoms with van der Waals surface area (Å²) in [6.07, 6.45) is 0. The highest BCUT2D eigenvalue weighted by Gasteiger charge is 2.43. The molecule has 0 fully saturated rings. The summed E-state index contributed by atoms with van der Waals surface area (Å²) in [6, 6.07) is 20.4. The number of Topliss-reactive ketones (excluding diaryl/α,β-unsaturated/α-hetero) is 1. The molecule has 3 aromatic rings. The molecule has 6 nitrogen and oxygen atoms in total. The standard InChI is InChI=1S/C30H26ClNO5/c1-4-36-30(34)25-17(2)32-28-20-10-6-7-11-21(20)29(33)27(28)26(25)18-13-14-23(24(15-18)35-3)37-16-19-9-5-8-12-22(19)31/h5-15,26,32H,4,16H2,1-3H3/t26-/m0/s1. The predicted octanol–water partition coefficient (Wildman–Crippen LogP) is 6.06. The number of hydrogen-bond acceptors (Lipinski definition) is 6. The van der Waals surface area contributed by atoms with Gasteiger partial charge in [0.25, 0.3) is 0 Å². The summed E-state index contributed by atoms with van der Waals surface area (Å²) < 4.78 is 17.1. The molecule has 1 heterocycles. The van der Waals surface area contributed by atoms with Crippen molar-refractivity contribution in [3.8, 4) is 11.5 Å². The van der Waals surface area contributed by atoms with E-state index in [0.717, 1.165) is 16.7 Å². The van der Waals surface area contributed by atoms with Crippen LogP contribution in [0.2, 0.25) is 5.02 Å². The third-order valence-corrected chi connectivity index (χ3v) is 6.97. The summed E-state index contributed by atoms with van der Waals surface area (Å²) in [5, 5.41) is 3.92. The fourth-order valence-corrected chi connectivity index (χ4v) is 5.09. The monoisotopic (exact) mass is 515 g/mol. The number of ketones is 1. The van der Waals surface area contributed by atoms with E-state index in [-0.39, 0.29) is 19.0 Å². The molecular formula is C30H26ClNO5. The average Bonchev–Trinajstić information content (AvgIpc) is 3.19. The topological polar surface area (TPSA) is 73.9 Å². The van der Waals surface area contributed by atoms with Crippen LogP contribution in [0.1, 0.15) is 46.8 Å². The fraction of sp³-hybridized carbons (Fsp3) is 0.200. The summed E-state index contributed by atoms with van der Waals surface area (Å²) in [5.74, 6) is -0.217. The molecule has 0 saturated heterocycles. The summed E-state index contributed by atoms with van der Waals surface area (Å²) in [4.78, 5) is 26.8. The molecule has 2 aliphatic rings. The second kappa shape index (κ2) is 10.1. The van der Waals surface area contributed by atoms with Gasteiger partial charge in [-0.3, -0.25) is 4.79 Å². The first-order chi connectivity index (χ1) is 17.9. The Morgan fingerprint density at radius 2 is 1.73 bits per heavy atom. The van der Waals surface area contributed by atoms with Crippen molar-refractivity contribution in [1.82, 2.24) is 5.32 Å². The smallest absolute Gasteiger partial charge is 0.336 e.